The monoisotopic (exact) mass is 765 g/mol. The quantitative estimate of drug-likeness (QED) is 0.155. The fourth-order valence-electron chi connectivity index (χ4n) is 9.37. The third-order valence-electron chi connectivity index (χ3n) is 12.0. The van der Waals surface area contributed by atoms with E-state index in [4.69, 9.17) is 4.98 Å². The lowest BCUT2D eigenvalue weighted by molar-refractivity contribution is -0.585. The molecule has 0 N–H and O–H groups in total. The Morgan fingerprint density at radius 2 is 0.883 bits per heavy atom. The van der Waals surface area contributed by atoms with Crippen LogP contribution < -0.4 is 4.57 Å². The lowest BCUT2D eigenvalue weighted by Gasteiger charge is -2.16. The Morgan fingerprint density at radius 1 is 0.350 bits per heavy atom. The van der Waals surface area contributed by atoms with Crippen molar-refractivity contribution in [2.45, 2.75) is 0 Å². The minimum absolute atomic E-state index is 0.927. The average Bonchev–Trinajstić information content (AvgIpc) is 3.85. The van der Waals surface area contributed by atoms with Crippen molar-refractivity contribution in [3.8, 4) is 50.7 Å². The number of benzene rings is 9. The van der Waals surface area contributed by atoms with Gasteiger partial charge in [-0.25, -0.2) is 0 Å². The Labute approximate surface area is 347 Å². The molecule has 0 atom stereocenters. The maximum absolute atomic E-state index is 5.10. The van der Waals surface area contributed by atoms with Crippen LogP contribution in [-0.4, -0.2) is 14.1 Å². The van der Waals surface area contributed by atoms with Crippen molar-refractivity contribution in [2.24, 2.45) is 0 Å². The number of hydrogen-bond acceptors (Lipinski definition) is 1. The van der Waals surface area contributed by atoms with Gasteiger partial charge in [0.15, 0.2) is 5.69 Å². The van der Waals surface area contributed by atoms with Crippen molar-refractivity contribution in [2.75, 3.05) is 0 Å². The van der Waals surface area contributed by atoms with Crippen molar-refractivity contribution >= 4 is 54.4 Å². The highest BCUT2D eigenvalue weighted by molar-refractivity contribution is 6.24. The van der Waals surface area contributed by atoms with E-state index in [9.17, 15) is 0 Å². The molecule has 4 heteroatoms. The summed E-state index contributed by atoms with van der Waals surface area (Å²) in [6.07, 6.45) is 2.00. The molecule has 60 heavy (non-hydrogen) atoms. The number of hydrogen-bond donors (Lipinski definition) is 0. The zero-order chi connectivity index (χ0) is 39.6. The number of rotatable bonds is 6. The predicted molar refractivity (Wildman–Crippen MR) is 248 cm³/mol. The van der Waals surface area contributed by atoms with Gasteiger partial charge in [0.1, 0.15) is 11.4 Å². The summed E-state index contributed by atoms with van der Waals surface area (Å²) < 4.78 is 7.22. The summed E-state index contributed by atoms with van der Waals surface area (Å²) in [5, 5.41) is 7.21. The molecule has 0 fully saturated rings. The Kier molecular flexibility index (Phi) is 7.82. The van der Waals surface area contributed by atoms with E-state index in [1.54, 1.807) is 0 Å². The van der Waals surface area contributed by atoms with Crippen LogP contribution >= 0.6 is 0 Å². The van der Waals surface area contributed by atoms with Gasteiger partial charge in [-0.2, -0.15) is 4.57 Å². The van der Waals surface area contributed by atoms with Crippen LogP contribution in [0.1, 0.15) is 0 Å². The molecule has 0 aliphatic carbocycles. The number of aromatic nitrogens is 4. The summed E-state index contributed by atoms with van der Waals surface area (Å²) in [6, 6.07) is 78.5. The summed E-state index contributed by atoms with van der Waals surface area (Å²) in [5.41, 5.74) is 14.6. The van der Waals surface area contributed by atoms with Gasteiger partial charge in [-0.15, -0.1) is 0 Å². The zero-order valence-corrected chi connectivity index (χ0v) is 32.7. The lowest BCUT2D eigenvalue weighted by atomic mass is 10.00. The molecule has 0 bridgehead atoms. The number of nitrogens with zero attached hydrogens (tertiary/aromatic N) is 4. The van der Waals surface area contributed by atoms with Crippen LogP contribution in [0.5, 0.6) is 0 Å². The molecule has 0 unspecified atom stereocenters. The molecule has 0 radical (unpaired) electrons. The highest BCUT2D eigenvalue weighted by atomic mass is 15.1. The summed E-state index contributed by atoms with van der Waals surface area (Å²) in [5.74, 6) is 0. The largest absolute Gasteiger partial charge is 0.307 e. The molecule has 0 saturated heterocycles. The molecule has 9 aromatic carbocycles. The van der Waals surface area contributed by atoms with Gasteiger partial charge in [0.2, 0.25) is 0 Å². The first kappa shape index (κ1) is 34.0. The van der Waals surface area contributed by atoms with E-state index in [1.807, 2.05) is 12.4 Å². The molecule has 4 nitrogen and oxygen atoms in total. The topological polar surface area (TPSA) is 26.6 Å². The van der Waals surface area contributed by atoms with E-state index < -0.39 is 0 Å². The number of fused-ring (bicyclic) bond motifs is 8. The molecule has 0 spiro atoms. The molecule has 3 heterocycles. The Morgan fingerprint density at radius 3 is 1.62 bits per heavy atom. The fraction of sp³-hybridized carbons (Fsp3) is 0. The number of para-hydroxylation sites is 3. The lowest BCUT2D eigenvalue weighted by Crippen LogP contribution is -2.34. The smallest absolute Gasteiger partial charge is 0.292 e. The van der Waals surface area contributed by atoms with E-state index in [-0.39, 0.29) is 0 Å². The molecule has 3 aromatic heterocycles. The van der Waals surface area contributed by atoms with Crippen LogP contribution in [0, 0.1) is 0 Å². The maximum Gasteiger partial charge on any atom is 0.292 e. The molecule has 0 amide bonds. The van der Waals surface area contributed by atoms with E-state index in [1.165, 1.54) is 54.7 Å². The minimum atomic E-state index is 0.927. The highest BCUT2D eigenvalue weighted by Crippen LogP contribution is 2.43. The van der Waals surface area contributed by atoms with Crippen molar-refractivity contribution in [3.63, 3.8) is 0 Å². The van der Waals surface area contributed by atoms with E-state index in [0.29, 0.717) is 0 Å². The van der Waals surface area contributed by atoms with Gasteiger partial charge in [-0.3, -0.25) is 0 Å². The first-order valence-electron chi connectivity index (χ1n) is 20.5. The molecule has 0 aliphatic rings. The van der Waals surface area contributed by atoms with E-state index >= 15 is 0 Å². The van der Waals surface area contributed by atoms with Gasteiger partial charge >= 0.3 is 0 Å². The molecule has 0 saturated carbocycles. The van der Waals surface area contributed by atoms with Crippen LogP contribution in [0.3, 0.4) is 0 Å². The Balaban J connectivity index is 1.14. The highest BCUT2D eigenvalue weighted by Gasteiger charge is 2.24. The SMILES string of the molecule is c1ccc(-c2cccc(-c3cc(-c4ccccc4)nc[n+]3-c3cccc4c(-n5c6ccccc6c6ccc7c8ccccc8n(-c8ccccc8)c7c65)cccc34)c2)cc1. The van der Waals surface area contributed by atoms with E-state index in [2.05, 4.69) is 226 Å². The minimum Gasteiger partial charge on any atom is -0.307 e. The summed E-state index contributed by atoms with van der Waals surface area (Å²) in [6.45, 7) is 0. The van der Waals surface area contributed by atoms with Crippen LogP contribution in [0.25, 0.3) is 105 Å². The summed E-state index contributed by atoms with van der Waals surface area (Å²) in [7, 11) is 0. The third kappa shape index (κ3) is 5.32. The first-order valence-corrected chi connectivity index (χ1v) is 20.5. The first-order chi connectivity index (χ1) is 29.8. The standard InChI is InChI=1S/C56H37N4/c1-4-17-38(18-5-1)40-21-14-22-41(35-40)54-36-49(39-19-6-2-7-20-39)57-37-58(54)50-31-15-28-44-43(50)27-16-32-53(44)60-52-30-13-11-26-46(52)48-34-33-47-45-25-10-12-29-51(45)59(55(47)56(48)60)42-23-8-3-9-24-42/h1-37H/q+1. The van der Waals surface area contributed by atoms with Crippen LogP contribution in [-0.2, 0) is 0 Å². The van der Waals surface area contributed by atoms with Gasteiger partial charge in [0.05, 0.1) is 27.8 Å². The molecule has 0 aliphatic heterocycles. The molecular weight excluding hydrogens is 729 g/mol. The van der Waals surface area contributed by atoms with Crippen molar-refractivity contribution in [1.82, 2.24) is 14.1 Å². The van der Waals surface area contributed by atoms with Crippen LogP contribution in [0.15, 0.2) is 225 Å². The second-order valence-corrected chi connectivity index (χ2v) is 15.4. The molecular formula is C56H37N4+. The Bertz CT molecular complexity index is 3580. The predicted octanol–water partition coefficient (Wildman–Crippen LogP) is 13.7. The third-order valence-corrected chi connectivity index (χ3v) is 12.0. The zero-order valence-electron chi connectivity index (χ0n) is 32.7. The second kappa shape index (κ2) is 13.8. The van der Waals surface area contributed by atoms with Gasteiger partial charge in [-0.05, 0) is 64.6 Å². The second-order valence-electron chi connectivity index (χ2n) is 15.4. The Hall–Kier alpha value is -8.08. The van der Waals surface area contributed by atoms with Crippen LogP contribution in [0.4, 0.5) is 0 Å². The summed E-state index contributed by atoms with van der Waals surface area (Å²) in [4.78, 5) is 5.10. The van der Waals surface area contributed by atoms with Crippen molar-refractivity contribution < 1.29 is 4.57 Å². The fourth-order valence-corrected chi connectivity index (χ4v) is 9.37. The van der Waals surface area contributed by atoms with Gasteiger partial charge in [0, 0.05) is 55.2 Å². The van der Waals surface area contributed by atoms with Gasteiger partial charge in [-0.1, -0.05) is 164 Å². The normalized spacial score (nSPS) is 11.7. The van der Waals surface area contributed by atoms with Gasteiger partial charge < -0.3 is 9.13 Å². The molecule has 12 rings (SSSR count). The van der Waals surface area contributed by atoms with Crippen molar-refractivity contribution in [3.05, 3.63) is 225 Å². The summed E-state index contributed by atoms with van der Waals surface area (Å²) >= 11 is 0. The van der Waals surface area contributed by atoms with Gasteiger partial charge in [0.25, 0.3) is 6.33 Å². The maximum atomic E-state index is 5.10. The van der Waals surface area contributed by atoms with E-state index in [0.717, 1.165) is 50.3 Å². The molecule has 12 aromatic rings. The van der Waals surface area contributed by atoms with Crippen molar-refractivity contribution in [1.29, 1.82) is 0 Å². The molecule has 280 valence electrons. The average molecular weight is 766 g/mol. The van der Waals surface area contributed by atoms with Crippen LogP contribution in [0.2, 0.25) is 0 Å².